The number of rotatable bonds is 11. The molecule has 0 radical (unpaired) electrons. The number of aryl methyl sites for hydroxylation is 3. The Morgan fingerprint density at radius 1 is 0.905 bits per heavy atom. The Morgan fingerprint density at radius 2 is 1.69 bits per heavy atom. The first-order chi connectivity index (χ1) is 20.7. The SMILES string of the molecule is CCc1ccc(Cn2c(CCc3ccccc3)nnc2N2CCNC[C@@H]2C(=O)NCCc2c[nH]c3ccccc23)cc1. The van der Waals surface area contributed by atoms with Crippen LogP contribution in [0.5, 0.6) is 0 Å². The lowest BCUT2D eigenvalue weighted by atomic mass is 10.1. The molecule has 0 aliphatic carbocycles. The maximum Gasteiger partial charge on any atom is 0.244 e. The second-order valence-corrected chi connectivity index (χ2v) is 11.0. The predicted molar refractivity (Wildman–Crippen MR) is 168 cm³/mol. The number of aromatic nitrogens is 4. The Hall–Kier alpha value is -4.43. The minimum Gasteiger partial charge on any atom is -0.361 e. The van der Waals surface area contributed by atoms with E-state index in [9.17, 15) is 4.79 Å². The van der Waals surface area contributed by atoms with Crippen molar-refractivity contribution >= 4 is 22.8 Å². The third kappa shape index (κ3) is 6.24. The summed E-state index contributed by atoms with van der Waals surface area (Å²) in [6, 6.07) is 27.2. The van der Waals surface area contributed by atoms with Crippen molar-refractivity contribution in [2.75, 3.05) is 31.1 Å². The number of nitrogens with one attached hydrogen (secondary N) is 3. The summed E-state index contributed by atoms with van der Waals surface area (Å²) in [5.74, 6) is 1.70. The van der Waals surface area contributed by atoms with Gasteiger partial charge in [0.05, 0.1) is 6.54 Å². The van der Waals surface area contributed by atoms with E-state index in [1.54, 1.807) is 0 Å². The van der Waals surface area contributed by atoms with E-state index in [-0.39, 0.29) is 11.9 Å². The Kier molecular flexibility index (Phi) is 8.61. The van der Waals surface area contributed by atoms with Gasteiger partial charge in [-0.25, -0.2) is 0 Å². The molecule has 1 aliphatic heterocycles. The third-order valence-electron chi connectivity index (χ3n) is 8.23. The molecule has 2 aromatic heterocycles. The van der Waals surface area contributed by atoms with Crippen molar-refractivity contribution in [1.29, 1.82) is 0 Å². The van der Waals surface area contributed by atoms with Gasteiger partial charge in [0.25, 0.3) is 0 Å². The second kappa shape index (κ2) is 13.0. The van der Waals surface area contributed by atoms with Crippen LogP contribution in [0.2, 0.25) is 0 Å². The van der Waals surface area contributed by atoms with Gasteiger partial charge in [-0.1, -0.05) is 79.7 Å². The number of amides is 1. The maximum absolute atomic E-state index is 13.6. The lowest BCUT2D eigenvalue weighted by Crippen LogP contribution is -2.59. The minimum absolute atomic E-state index is 0.00901. The number of fused-ring (bicyclic) bond motifs is 1. The van der Waals surface area contributed by atoms with Crippen molar-refractivity contribution in [3.63, 3.8) is 0 Å². The summed E-state index contributed by atoms with van der Waals surface area (Å²) < 4.78 is 2.21. The molecule has 1 aliphatic rings. The van der Waals surface area contributed by atoms with Gasteiger partial charge in [0.1, 0.15) is 11.9 Å². The Labute approximate surface area is 247 Å². The van der Waals surface area contributed by atoms with E-state index in [0.29, 0.717) is 26.2 Å². The van der Waals surface area contributed by atoms with Gasteiger partial charge in [-0.2, -0.15) is 0 Å². The highest BCUT2D eigenvalue weighted by Gasteiger charge is 2.32. The van der Waals surface area contributed by atoms with Crippen LogP contribution >= 0.6 is 0 Å². The highest BCUT2D eigenvalue weighted by Crippen LogP contribution is 2.22. The van der Waals surface area contributed by atoms with Crippen molar-refractivity contribution in [2.24, 2.45) is 0 Å². The standard InChI is InChI=1S/C34H39N7O/c1-2-25-12-14-27(15-13-25)24-41-32(17-16-26-8-4-3-5-9-26)38-39-34(41)40-21-20-35-23-31(40)33(42)36-19-18-28-22-37-30-11-7-6-10-29(28)30/h3-15,22,31,35,37H,2,16-21,23-24H2,1H3,(H,36,42)/t31-/m1/s1. The molecular weight excluding hydrogens is 522 g/mol. The molecule has 42 heavy (non-hydrogen) atoms. The first-order valence-electron chi connectivity index (χ1n) is 15.0. The fourth-order valence-corrected chi connectivity index (χ4v) is 5.80. The number of nitrogens with zero attached hydrogens (tertiary/aromatic N) is 4. The van der Waals surface area contributed by atoms with Gasteiger partial charge in [0.2, 0.25) is 11.9 Å². The molecule has 0 saturated carbocycles. The number of hydrogen-bond donors (Lipinski definition) is 3. The summed E-state index contributed by atoms with van der Waals surface area (Å²) in [5, 5.41) is 17.2. The molecular formula is C34H39N7O. The van der Waals surface area contributed by atoms with Gasteiger partial charge in [-0.05, 0) is 47.6 Å². The third-order valence-corrected chi connectivity index (χ3v) is 8.23. The molecule has 0 unspecified atom stereocenters. The highest BCUT2D eigenvalue weighted by atomic mass is 16.2. The van der Waals surface area contributed by atoms with Crippen molar-refractivity contribution in [1.82, 2.24) is 30.4 Å². The number of aromatic amines is 1. The van der Waals surface area contributed by atoms with Gasteiger partial charge in [0, 0.05) is 49.7 Å². The van der Waals surface area contributed by atoms with Crippen LogP contribution in [-0.2, 0) is 37.0 Å². The van der Waals surface area contributed by atoms with Crippen LogP contribution in [0, 0.1) is 0 Å². The molecule has 6 rings (SSSR count). The van der Waals surface area contributed by atoms with Crippen LogP contribution < -0.4 is 15.5 Å². The van der Waals surface area contributed by atoms with Crippen LogP contribution in [0.1, 0.15) is 35.0 Å². The van der Waals surface area contributed by atoms with Crippen LogP contribution in [-0.4, -0.2) is 57.9 Å². The number of benzene rings is 3. The van der Waals surface area contributed by atoms with Gasteiger partial charge in [-0.3, -0.25) is 9.36 Å². The number of anilines is 1. The molecule has 8 heteroatoms. The van der Waals surface area contributed by atoms with E-state index in [1.807, 2.05) is 24.4 Å². The summed E-state index contributed by atoms with van der Waals surface area (Å²) in [4.78, 5) is 19.0. The Balaban J connectivity index is 1.20. The number of H-pyrrole nitrogens is 1. The lowest BCUT2D eigenvalue weighted by molar-refractivity contribution is -0.122. The summed E-state index contributed by atoms with van der Waals surface area (Å²) in [6.07, 6.45) is 5.48. The van der Waals surface area contributed by atoms with Crippen molar-refractivity contribution in [2.45, 2.75) is 45.2 Å². The van der Waals surface area contributed by atoms with Gasteiger partial charge in [0.15, 0.2) is 0 Å². The lowest BCUT2D eigenvalue weighted by Gasteiger charge is -2.36. The zero-order valence-corrected chi connectivity index (χ0v) is 24.2. The fourth-order valence-electron chi connectivity index (χ4n) is 5.80. The molecule has 3 heterocycles. The van der Waals surface area contributed by atoms with Gasteiger partial charge >= 0.3 is 0 Å². The van der Waals surface area contributed by atoms with E-state index >= 15 is 0 Å². The number of carbonyl (C=O) groups excluding carboxylic acids is 1. The zero-order valence-electron chi connectivity index (χ0n) is 24.2. The summed E-state index contributed by atoms with van der Waals surface area (Å²) in [5.41, 5.74) is 6.12. The topological polar surface area (TPSA) is 90.9 Å². The van der Waals surface area contributed by atoms with Crippen LogP contribution in [0.15, 0.2) is 85.1 Å². The molecule has 8 nitrogen and oxygen atoms in total. The molecule has 1 atom stereocenters. The highest BCUT2D eigenvalue weighted by molar-refractivity contribution is 5.86. The van der Waals surface area contributed by atoms with Crippen molar-refractivity contribution < 1.29 is 4.79 Å². The fraction of sp³-hybridized carbons (Fsp3) is 0.324. The van der Waals surface area contributed by atoms with Crippen molar-refractivity contribution in [3.05, 3.63) is 113 Å². The summed E-state index contributed by atoms with van der Waals surface area (Å²) >= 11 is 0. The molecule has 5 aromatic rings. The van der Waals surface area contributed by atoms with Crippen LogP contribution in [0.25, 0.3) is 10.9 Å². The zero-order chi connectivity index (χ0) is 28.7. The Morgan fingerprint density at radius 3 is 2.52 bits per heavy atom. The van der Waals surface area contributed by atoms with E-state index in [2.05, 4.69) is 97.8 Å². The van der Waals surface area contributed by atoms with Crippen molar-refractivity contribution in [3.8, 4) is 0 Å². The van der Waals surface area contributed by atoms with Crippen LogP contribution in [0.4, 0.5) is 5.95 Å². The number of carbonyl (C=O) groups is 1. The molecule has 3 N–H and O–H groups in total. The quantitative estimate of drug-likeness (QED) is 0.224. The van der Waals surface area contributed by atoms with Gasteiger partial charge < -0.3 is 20.5 Å². The average Bonchev–Trinajstić information content (AvgIpc) is 3.64. The predicted octanol–water partition coefficient (Wildman–Crippen LogP) is 4.29. The first kappa shape index (κ1) is 27.7. The molecule has 1 fully saturated rings. The number of para-hydroxylation sites is 1. The normalized spacial score (nSPS) is 15.3. The summed E-state index contributed by atoms with van der Waals surface area (Å²) in [6.45, 7) is 5.45. The Bertz CT molecular complexity index is 1610. The second-order valence-electron chi connectivity index (χ2n) is 11.0. The average molecular weight is 562 g/mol. The molecule has 1 amide bonds. The largest absolute Gasteiger partial charge is 0.361 e. The smallest absolute Gasteiger partial charge is 0.244 e. The van der Waals surface area contributed by atoms with E-state index in [0.717, 1.165) is 49.5 Å². The molecule has 216 valence electrons. The van der Waals surface area contributed by atoms with E-state index < -0.39 is 0 Å². The molecule has 1 saturated heterocycles. The number of hydrogen-bond acceptors (Lipinski definition) is 5. The monoisotopic (exact) mass is 561 g/mol. The van der Waals surface area contributed by atoms with Crippen LogP contribution in [0.3, 0.4) is 0 Å². The summed E-state index contributed by atoms with van der Waals surface area (Å²) in [7, 11) is 0. The first-order valence-corrected chi connectivity index (χ1v) is 15.0. The maximum atomic E-state index is 13.6. The van der Waals surface area contributed by atoms with E-state index in [1.165, 1.54) is 27.6 Å². The number of piperazine rings is 1. The van der Waals surface area contributed by atoms with Gasteiger partial charge in [-0.15, -0.1) is 10.2 Å². The molecule has 0 spiro atoms. The molecule has 0 bridgehead atoms. The van der Waals surface area contributed by atoms with E-state index in [4.69, 9.17) is 5.10 Å². The molecule has 3 aromatic carbocycles. The minimum atomic E-state index is -0.367.